The first-order valence-corrected chi connectivity index (χ1v) is 8.34. The standard InChI is InChI=1S/C15H19N3O4S/c1-10-9-23-15-17-8-11(14(22)18(10)15)13(21)16-7-5-3-2-4-6-12(19)20/h8-9H,2-7H2,1H3,(H,16,21)(H,19,20). The molecular formula is C15H19N3O4S. The maximum absolute atomic E-state index is 12.3. The van der Waals surface area contributed by atoms with Crippen LogP contribution in [0.1, 0.15) is 48.2 Å². The summed E-state index contributed by atoms with van der Waals surface area (Å²) in [6, 6.07) is 0. The minimum absolute atomic E-state index is 0.0369. The molecule has 0 aliphatic heterocycles. The second-order valence-electron chi connectivity index (χ2n) is 5.29. The average Bonchev–Trinajstić information content (AvgIpc) is 2.88. The minimum atomic E-state index is -0.787. The highest BCUT2D eigenvalue weighted by atomic mass is 32.1. The van der Waals surface area contributed by atoms with Crippen molar-refractivity contribution in [2.75, 3.05) is 6.54 Å². The van der Waals surface area contributed by atoms with Crippen molar-refractivity contribution in [3.8, 4) is 0 Å². The number of carboxylic acids is 1. The number of hydrogen-bond acceptors (Lipinski definition) is 5. The normalized spacial score (nSPS) is 10.8. The molecule has 7 nitrogen and oxygen atoms in total. The van der Waals surface area contributed by atoms with Gasteiger partial charge in [0.2, 0.25) is 0 Å². The summed E-state index contributed by atoms with van der Waals surface area (Å²) in [7, 11) is 0. The summed E-state index contributed by atoms with van der Waals surface area (Å²) in [5.41, 5.74) is 0.443. The fraction of sp³-hybridized carbons (Fsp3) is 0.467. The van der Waals surface area contributed by atoms with Crippen LogP contribution in [0.4, 0.5) is 0 Å². The van der Waals surface area contributed by atoms with E-state index in [1.54, 1.807) is 6.92 Å². The number of amides is 1. The second kappa shape index (κ2) is 7.87. The molecule has 23 heavy (non-hydrogen) atoms. The first kappa shape index (κ1) is 17.1. The number of aliphatic carboxylic acids is 1. The molecule has 1 amide bonds. The van der Waals surface area contributed by atoms with Gasteiger partial charge in [0.15, 0.2) is 4.96 Å². The smallest absolute Gasteiger partial charge is 0.303 e. The quantitative estimate of drug-likeness (QED) is 0.716. The van der Waals surface area contributed by atoms with E-state index in [0.29, 0.717) is 17.9 Å². The Bertz CT molecular complexity index is 766. The Kier molecular flexibility index (Phi) is 5.86. The summed E-state index contributed by atoms with van der Waals surface area (Å²) in [5, 5.41) is 13.1. The van der Waals surface area contributed by atoms with Gasteiger partial charge >= 0.3 is 5.97 Å². The maximum atomic E-state index is 12.3. The molecule has 0 unspecified atom stereocenters. The largest absolute Gasteiger partial charge is 0.481 e. The van der Waals surface area contributed by atoms with Gasteiger partial charge in [-0.2, -0.15) is 0 Å². The zero-order valence-electron chi connectivity index (χ0n) is 12.9. The van der Waals surface area contributed by atoms with E-state index in [9.17, 15) is 14.4 Å². The van der Waals surface area contributed by atoms with Gasteiger partial charge in [-0.1, -0.05) is 12.8 Å². The third kappa shape index (κ3) is 4.38. The Labute approximate surface area is 137 Å². The van der Waals surface area contributed by atoms with Crippen molar-refractivity contribution in [3.05, 3.63) is 33.2 Å². The molecule has 0 bridgehead atoms. The predicted octanol–water partition coefficient (Wildman–Crippen LogP) is 1.83. The summed E-state index contributed by atoms with van der Waals surface area (Å²) in [5.74, 6) is -1.21. The zero-order valence-corrected chi connectivity index (χ0v) is 13.7. The Morgan fingerprint density at radius 3 is 2.78 bits per heavy atom. The van der Waals surface area contributed by atoms with Crippen molar-refractivity contribution in [1.82, 2.24) is 14.7 Å². The SMILES string of the molecule is Cc1csc2ncc(C(=O)NCCCCCCC(=O)O)c(=O)n12. The first-order chi connectivity index (χ1) is 11.0. The predicted molar refractivity (Wildman–Crippen MR) is 87.1 cm³/mol. The lowest BCUT2D eigenvalue weighted by Gasteiger charge is -2.05. The second-order valence-corrected chi connectivity index (χ2v) is 6.12. The molecule has 2 aromatic heterocycles. The van der Waals surface area contributed by atoms with E-state index >= 15 is 0 Å². The van der Waals surface area contributed by atoms with Crippen molar-refractivity contribution in [2.24, 2.45) is 0 Å². The number of unbranched alkanes of at least 4 members (excludes halogenated alkanes) is 3. The molecule has 2 rings (SSSR count). The number of aromatic nitrogens is 2. The van der Waals surface area contributed by atoms with Crippen LogP contribution in [-0.4, -0.2) is 32.9 Å². The monoisotopic (exact) mass is 337 g/mol. The van der Waals surface area contributed by atoms with Crippen molar-refractivity contribution in [1.29, 1.82) is 0 Å². The number of hydrogen-bond donors (Lipinski definition) is 2. The Hall–Kier alpha value is -2.22. The van der Waals surface area contributed by atoms with Crippen LogP contribution in [0.5, 0.6) is 0 Å². The maximum Gasteiger partial charge on any atom is 0.303 e. The molecule has 2 N–H and O–H groups in total. The Morgan fingerprint density at radius 2 is 2.04 bits per heavy atom. The lowest BCUT2D eigenvalue weighted by atomic mass is 10.1. The highest BCUT2D eigenvalue weighted by molar-refractivity contribution is 7.15. The van der Waals surface area contributed by atoms with Gasteiger partial charge in [-0.05, 0) is 19.8 Å². The molecule has 0 aliphatic carbocycles. The van der Waals surface area contributed by atoms with Crippen molar-refractivity contribution in [3.63, 3.8) is 0 Å². The lowest BCUT2D eigenvalue weighted by Crippen LogP contribution is -2.32. The van der Waals surface area contributed by atoms with Crippen LogP contribution in [0.25, 0.3) is 4.96 Å². The highest BCUT2D eigenvalue weighted by Gasteiger charge is 2.14. The van der Waals surface area contributed by atoms with Crippen LogP contribution in [0.2, 0.25) is 0 Å². The van der Waals surface area contributed by atoms with Gasteiger partial charge in [-0.3, -0.25) is 18.8 Å². The number of aryl methyl sites for hydroxylation is 1. The van der Waals surface area contributed by atoms with Gasteiger partial charge in [0.25, 0.3) is 11.5 Å². The van der Waals surface area contributed by atoms with E-state index in [2.05, 4.69) is 10.3 Å². The van der Waals surface area contributed by atoms with Gasteiger partial charge in [0.05, 0.1) is 0 Å². The van der Waals surface area contributed by atoms with Crippen LogP contribution >= 0.6 is 11.3 Å². The van der Waals surface area contributed by atoms with Crippen molar-refractivity contribution in [2.45, 2.75) is 39.0 Å². The van der Waals surface area contributed by atoms with Gasteiger partial charge in [-0.25, -0.2) is 4.98 Å². The number of fused-ring (bicyclic) bond motifs is 1. The number of carbonyl (C=O) groups excluding carboxylic acids is 1. The number of thiazole rings is 1. The third-order valence-corrected chi connectivity index (χ3v) is 4.42. The Morgan fingerprint density at radius 1 is 1.30 bits per heavy atom. The number of nitrogens with zero attached hydrogens (tertiary/aromatic N) is 2. The van der Waals surface area contributed by atoms with Gasteiger partial charge in [0, 0.05) is 30.2 Å². The molecule has 0 saturated carbocycles. The number of rotatable bonds is 8. The van der Waals surface area contributed by atoms with Crippen LogP contribution in [0.15, 0.2) is 16.4 Å². The average molecular weight is 337 g/mol. The molecule has 2 heterocycles. The van der Waals surface area contributed by atoms with Gasteiger partial charge in [-0.15, -0.1) is 11.3 Å². The van der Waals surface area contributed by atoms with E-state index in [1.165, 1.54) is 21.9 Å². The molecular weight excluding hydrogens is 318 g/mol. The third-order valence-electron chi connectivity index (χ3n) is 3.46. The van der Waals surface area contributed by atoms with Crippen LogP contribution in [0.3, 0.4) is 0 Å². The summed E-state index contributed by atoms with van der Waals surface area (Å²) < 4.78 is 1.44. The highest BCUT2D eigenvalue weighted by Crippen LogP contribution is 2.11. The molecule has 2 aromatic rings. The number of carbonyl (C=O) groups is 2. The van der Waals surface area contributed by atoms with Gasteiger partial charge < -0.3 is 10.4 Å². The van der Waals surface area contributed by atoms with Crippen LogP contribution in [-0.2, 0) is 4.79 Å². The van der Waals surface area contributed by atoms with Crippen molar-refractivity contribution >= 4 is 28.2 Å². The molecule has 8 heteroatoms. The molecule has 0 spiro atoms. The van der Waals surface area contributed by atoms with E-state index in [4.69, 9.17) is 5.11 Å². The summed E-state index contributed by atoms with van der Waals surface area (Å²) in [6.07, 6.45) is 4.53. The molecule has 0 aliphatic rings. The molecule has 124 valence electrons. The van der Waals surface area contributed by atoms with E-state index < -0.39 is 11.9 Å². The topological polar surface area (TPSA) is 101 Å². The first-order valence-electron chi connectivity index (χ1n) is 7.46. The number of carboxylic acid groups (broad SMARTS) is 1. The lowest BCUT2D eigenvalue weighted by molar-refractivity contribution is -0.137. The molecule has 0 radical (unpaired) electrons. The number of nitrogens with one attached hydrogen (secondary N) is 1. The van der Waals surface area contributed by atoms with Gasteiger partial charge in [0.1, 0.15) is 5.56 Å². The summed E-state index contributed by atoms with van der Waals surface area (Å²) in [6.45, 7) is 2.25. The molecule has 0 aromatic carbocycles. The fourth-order valence-corrected chi connectivity index (χ4v) is 3.06. The van der Waals surface area contributed by atoms with Crippen LogP contribution < -0.4 is 10.9 Å². The Balaban J connectivity index is 1.84. The molecule has 0 saturated heterocycles. The van der Waals surface area contributed by atoms with E-state index in [1.807, 2.05) is 5.38 Å². The summed E-state index contributed by atoms with van der Waals surface area (Å²) >= 11 is 1.36. The zero-order chi connectivity index (χ0) is 16.8. The van der Waals surface area contributed by atoms with Crippen LogP contribution in [0, 0.1) is 6.92 Å². The van der Waals surface area contributed by atoms with E-state index in [0.717, 1.165) is 25.0 Å². The molecule has 0 fully saturated rings. The summed E-state index contributed by atoms with van der Waals surface area (Å²) in [4.78, 5) is 39.5. The van der Waals surface area contributed by atoms with Crippen molar-refractivity contribution < 1.29 is 14.7 Å². The van der Waals surface area contributed by atoms with E-state index in [-0.39, 0.29) is 17.5 Å². The minimum Gasteiger partial charge on any atom is -0.481 e. The molecule has 0 atom stereocenters. The fourth-order valence-electron chi connectivity index (χ4n) is 2.23.